The number of phenols is 1. The first-order chi connectivity index (χ1) is 12.4. The van der Waals surface area contributed by atoms with E-state index in [0.717, 1.165) is 4.31 Å². The van der Waals surface area contributed by atoms with Crippen molar-refractivity contribution in [2.75, 3.05) is 23.9 Å². The molecule has 11 heteroatoms. The lowest BCUT2D eigenvalue weighted by Crippen LogP contribution is -2.40. The van der Waals surface area contributed by atoms with Crippen LogP contribution in [0.25, 0.3) is 5.57 Å². The fraction of sp³-hybridized carbons (Fsp3) is 0.267. The van der Waals surface area contributed by atoms with E-state index in [1.54, 1.807) is 11.1 Å². The van der Waals surface area contributed by atoms with Gasteiger partial charge in [0.05, 0.1) is 0 Å². The van der Waals surface area contributed by atoms with Gasteiger partial charge in [0.2, 0.25) is 23.3 Å². The van der Waals surface area contributed by atoms with E-state index >= 15 is 4.39 Å². The van der Waals surface area contributed by atoms with Gasteiger partial charge in [0.1, 0.15) is 18.0 Å². The summed E-state index contributed by atoms with van der Waals surface area (Å²) in [5, 5.41) is 18.6. The normalized spacial score (nSPS) is 20.6. The summed E-state index contributed by atoms with van der Waals surface area (Å²) >= 11 is -1.96. The Labute approximate surface area is 150 Å². The molecule has 2 heterocycles. The van der Waals surface area contributed by atoms with Crippen molar-refractivity contribution in [3.63, 3.8) is 0 Å². The summed E-state index contributed by atoms with van der Waals surface area (Å²) in [4.78, 5) is 16.5. The van der Waals surface area contributed by atoms with Crippen molar-refractivity contribution < 1.29 is 18.5 Å². The highest BCUT2D eigenvalue weighted by Gasteiger charge is 2.32. The zero-order valence-corrected chi connectivity index (χ0v) is 14.3. The zero-order chi connectivity index (χ0) is 18.8. The fourth-order valence-corrected chi connectivity index (χ4v) is 3.78. The first kappa shape index (κ1) is 17.7. The maximum absolute atomic E-state index is 15.1. The Bertz CT molecular complexity index is 894. The number of nitrogens with one attached hydrogen (secondary N) is 1. The summed E-state index contributed by atoms with van der Waals surface area (Å²) in [6.45, 7) is 0.424. The highest BCUT2D eigenvalue weighted by Crippen LogP contribution is 2.37. The number of guanidine groups is 1. The summed E-state index contributed by atoms with van der Waals surface area (Å²) in [5.41, 5.74) is 6.18. The minimum absolute atomic E-state index is 0.0351. The SMILES string of the molecule is N#CN=C(N)N1CCC=C(c2ccc(O)c(N3CC(=O)NS3=O)c2F)C1. The number of carbonyl (C=O) groups excluding carboxylic acids is 1. The quantitative estimate of drug-likeness (QED) is 0.375. The monoisotopic (exact) mass is 378 g/mol. The molecule has 2 aliphatic heterocycles. The van der Waals surface area contributed by atoms with Crippen molar-refractivity contribution in [2.45, 2.75) is 6.42 Å². The van der Waals surface area contributed by atoms with Crippen molar-refractivity contribution in [3.8, 4) is 11.9 Å². The predicted octanol–water partition coefficient (Wildman–Crippen LogP) is -0.0689. The molecule has 0 spiro atoms. The maximum Gasteiger partial charge on any atom is 0.253 e. The summed E-state index contributed by atoms with van der Waals surface area (Å²) in [5.74, 6) is -1.71. The zero-order valence-electron chi connectivity index (χ0n) is 13.5. The van der Waals surface area contributed by atoms with E-state index in [9.17, 15) is 14.1 Å². The smallest absolute Gasteiger partial charge is 0.253 e. The molecule has 3 rings (SSSR count). The van der Waals surface area contributed by atoms with Crippen LogP contribution in [0.1, 0.15) is 12.0 Å². The molecule has 0 aromatic heterocycles. The van der Waals surface area contributed by atoms with E-state index < -0.39 is 28.6 Å². The maximum atomic E-state index is 15.1. The number of halogens is 1. The lowest BCUT2D eigenvalue weighted by molar-refractivity contribution is -0.117. The Kier molecular flexibility index (Phi) is 4.77. The summed E-state index contributed by atoms with van der Waals surface area (Å²) in [6, 6.07) is 2.68. The number of anilines is 1. The van der Waals surface area contributed by atoms with Gasteiger partial charge in [0.15, 0.2) is 5.82 Å². The summed E-state index contributed by atoms with van der Waals surface area (Å²) in [7, 11) is 0. The van der Waals surface area contributed by atoms with Crippen LogP contribution in [0.5, 0.6) is 5.75 Å². The number of hydrogen-bond acceptors (Lipinski definition) is 5. The first-order valence-electron chi connectivity index (χ1n) is 7.59. The van der Waals surface area contributed by atoms with Crippen molar-refractivity contribution in [2.24, 2.45) is 10.7 Å². The minimum Gasteiger partial charge on any atom is -0.506 e. The minimum atomic E-state index is -1.96. The highest BCUT2D eigenvalue weighted by atomic mass is 32.2. The molecule has 0 saturated carbocycles. The Morgan fingerprint density at radius 1 is 1.46 bits per heavy atom. The molecular weight excluding hydrogens is 363 g/mol. The second-order valence-corrected chi connectivity index (χ2v) is 6.76. The van der Waals surface area contributed by atoms with Crippen LogP contribution >= 0.6 is 0 Å². The molecule has 136 valence electrons. The molecule has 4 N–H and O–H groups in total. The van der Waals surface area contributed by atoms with E-state index in [4.69, 9.17) is 11.0 Å². The molecule has 9 nitrogen and oxygen atoms in total. The van der Waals surface area contributed by atoms with Crippen molar-refractivity contribution in [1.82, 2.24) is 9.62 Å². The third-order valence-electron chi connectivity index (χ3n) is 4.02. The largest absolute Gasteiger partial charge is 0.506 e. The number of aliphatic imine (C=N–C) groups is 1. The van der Waals surface area contributed by atoms with Gasteiger partial charge in [-0.25, -0.2) is 8.60 Å². The van der Waals surface area contributed by atoms with E-state index in [1.807, 2.05) is 6.08 Å². The number of hydrogen-bond donors (Lipinski definition) is 3. The molecule has 1 fully saturated rings. The third kappa shape index (κ3) is 3.18. The fourth-order valence-electron chi connectivity index (χ4n) is 2.83. The van der Waals surface area contributed by atoms with Gasteiger partial charge in [-0.05, 0) is 24.1 Å². The van der Waals surface area contributed by atoms with Gasteiger partial charge >= 0.3 is 0 Å². The van der Waals surface area contributed by atoms with Gasteiger partial charge in [-0.3, -0.25) is 13.8 Å². The van der Waals surface area contributed by atoms with Crippen molar-refractivity contribution in [3.05, 3.63) is 29.6 Å². The standard InChI is InChI=1S/C15H15FN6O3S/c16-13-10(9-2-1-5-21(6-9)15(18)19-8-17)3-4-11(23)14(13)22-7-12(24)20-26(22)25/h2-4,23H,1,5-7H2,(H2,18,19)(H,20,24). The average Bonchev–Trinajstić information content (AvgIpc) is 2.93. The number of nitriles is 1. The topological polar surface area (TPSA) is 135 Å². The Hall–Kier alpha value is -3.13. The Morgan fingerprint density at radius 3 is 2.88 bits per heavy atom. The second-order valence-electron chi connectivity index (χ2n) is 5.62. The Morgan fingerprint density at radius 2 is 2.23 bits per heavy atom. The van der Waals surface area contributed by atoms with Gasteiger partial charge in [0.25, 0.3) is 5.91 Å². The molecule has 1 unspecified atom stereocenters. The van der Waals surface area contributed by atoms with Crippen LogP contribution in [0, 0.1) is 17.3 Å². The van der Waals surface area contributed by atoms with Gasteiger partial charge < -0.3 is 15.7 Å². The summed E-state index contributed by atoms with van der Waals surface area (Å²) in [6.07, 6.45) is 3.99. The van der Waals surface area contributed by atoms with Gasteiger partial charge in [-0.2, -0.15) is 5.26 Å². The molecule has 1 saturated heterocycles. The van der Waals surface area contributed by atoms with Crippen molar-refractivity contribution >= 4 is 34.3 Å². The van der Waals surface area contributed by atoms with Crippen LogP contribution in [0.2, 0.25) is 0 Å². The molecule has 0 bridgehead atoms. The van der Waals surface area contributed by atoms with Gasteiger partial charge in [-0.15, -0.1) is 4.99 Å². The lowest BCUT2D eigenvalue weighted by Gasteiger charge is -2.28. The van der Waals surface area contributed by atoms with Crippen LogP contribution in [0.4, 0.5) is 10.1 Å². The number of rotatable bonds is 2. The number of benzene rings is 1. The van der Waals surface area contributed by atoms with E-state index in [-0.39, 0.29) is 30.3 Å². The van der Waals surface area contributed by atoms with E-state index in [2.05, 4.69) is 9.71 Å². The third-order valence-corrected chi connectivity index (χ3v) is 5.13. The molecule has 26 heavy (non-hydrogen) atoms. The van der Waals surface area contributed by atoms with Crippen LogP contribution < -0.4 is 14.8 Å². The molecule has 0 aliphatic carbocycles. The number of aromatic hydroxyl groups is 1. The first-order valence-corrected chi connectivity index (χ1v) is 8.70. The average molecular weight is 378 g/mol. The molecule has 1 aromatic rings. The van der Waals surface area contributed by atoms with Crippen LogP contribution in [-0.4, -0.2) is 45.7 Å². The number of nitrogens with zero attached hydrogens (tertiary/aromatic N) is 4. The van der Waals surface area contributed by atoms with Gasteiger partial charge in [-0.1, -0.05) is 6.08 Å². The molecule has 0 radical (unpaired) electrons. The Balaban J connectivity index is 1.97. The summed E-state index contributed by atoms with van der Waals surface area (Å²) < 4.78 is 30.1. The molecule has 1 amide bonds. The molecule has 1 aromatic carbocycles. The van der Waals surface area contributed by atoms with Gasteiger partial charge in [0, 0.05) is 18.7 Å². The van der Waals surface area contributed by atoms with E-state index in [1.165, 1.54) is 12.1 Å². The van der Waals surface area contributed by atoms with Crippen LogP contribution in [0.3, 0.4) is 0 Å². The van der Waals surface area contributed by atoms with Crippen LogP contribution in [-0.2, 0) is 16.0 Å². The van der Waals surface area contributed by atoms with Crippen molar-refractivity contribution in [1.29, 1.82) is 5.26 Å². The predicted molar refractivity (Wildman–Crippen MR) is 93.1 cm³/mol. The second kappa shape index (κ2) is 7.01. The van der Waals surface area contributed by atoms with E-state index in [0.29, 0.717) is 18.5 Å². The lowest BCUT2D eigenvalue weighted by atomic mass is 9.99. The number of amides is 1. The number of phenolic OH excluding ortho intramolecular Hbond substituents is 1. The molecule has 1 atom stereocenters. The molecule has 2 aliphatic rings. The highest BCUT2D eigenvalue weighted by molar-refractivity contribution is 7.85. The number of nitrogens with two attached hydrogens (primary N) is 1. The van der Waals surface area contributed by atoms with Crippen LogP contribution in [0.15, 0.2) is 23.2 Å². The number of carbonyl (C=O) groups is 1. The molecular formula is C15H15FN6O3S.